The largest absolute Gasteiger partial charge is 0.288 e. The summed E-state index contributed by atoms with van der Waals surface area (Å²) in [5.41, 5.74) is 2.38. The summed E-state index contributed by atoms with van der Waals surface area (Å²) >= 11 is 0. The van der Waals surface area contributed by atoms with Crippen molar-refractivity contribution < 1.29 is 8.42 Å². The van der Waals surface area contributed by atoms with Crippen molar-refractivity contribution in [2.24, 2.45) is 0 Å². The molecule has 1 heterocycles. The van der Waals surface area contributed by atoms with Gasteiger partial charge in [0.25, 0.3) is 10.0 Å². The number of fused-ring (bicyclic) bond motifs is 2. The molecule has 0 unspecified atom stereocenters. The minimum Gasteiger partial charge on any atom is -0.288 e. The molecule has 0 atom stereocenters. The smallest absolute Gasteiger partial charge is 0.264 e. The summed E-state index contributed by atoms with van der Waals surface area (Å²) in [5, 5.41) is 1.45. The highest BCUT2D eigenvalue weighted by Gasteiger charge is 2.25. The first-order chi connectivity index (χ1) is 16.3. The number of rotatable bonds is 4. The maximum absolute atomic E-state index is 13.3. The highest BCUT2D eigenvalue weighted by Crippen LogP contribution is 2.43. The fourth-order valence-corrected chi connectivity index (χ4v) is 8.09. The molecule has 0 aliphatic rings. The third kappa shape index (κ3) is 3.59. The Labute approximate surface area is 201 Å². The maximum atomic E-state index is 13.3. The molecular weight excluding hydrogens is 462 g/mol. The van der Waals surface area contributed by atoms with Crippen LogP contribution >= 0.6 is 10.5 Å². The summed E-state index contributed by atoms with van der Waals surface area (Å²) in [6.45, 7) is 3.76. The zero-order chi connectivity index (χ0) is 24.0. The molecular formula is C28H24NO3S2+. The number of nitrogens with zero attached hydrogens (tertiary/aromatic N) is 1. The van der Waals surface area contributed by atoms with Crippen molar-refractivity contribution in [3.63, 3.8) is 0 Å². The molecule has 0 bridgehead atoms. The number of hydrogen-bond acceptors (Lipinski definition) is 3. The van der Waals surface area contributed by atoms with Crippen LogP contribution in [-0.4, -0.2) is 15.5 Å². The van der Waals surface area contributed by atoms with E-state index >= 15 is 0 Å². The van der Waals surface area contributed by atoms with Crippen LogP contribution < -0.4 is 9.73 Å². The van der Waals surface area contributed by atoms with Crippen molar-refractivity contribution in [3.8, 4) is 4.90 Å². The van der Waals surface area contributed by atoms with Gasteiger partial charge in [-0.15, -0.1) is 0 Å². The molecule has 0 radical (unpaired) electrons. The second-order valence-corrected chi connectivity index (χ2v) is 12.3. The van der Waals surface area contributed by atoms with E-state index in [4.69, 9.17) is 0 Å². The molecule has 34 heavy (non-hydrogen) atoms. The van der Waals surface area contributed by atoms with Crippen molar-refractivity contribution in [3.05, 3.63) is 112 Å². The molecule has 0 saturated heterocycles. The lowest BCUT2D eigenvalue weighted by atomic mass is 10.2. The molecule has 0 aliphatic heterocycles. The van der Waals surface area contributed by atoms with Gasteiger partial charge in [-0.25, -0.2) is 8.42 Å². The molecule has 4 nitrogen and oxygen atoms in total. The van der Waals surface area contributed by atoms with Gasteiger partial charge in [-0.3, -0.25) is 9.10 Å². The van der Waals surface area contributed by atoms with Crippen LogP contribution in [0.2, 0.25) is 0 Å². The van der Waals surface area contributed by atoms with Crippen molar-refractivity contribution in [2.45, 2.75) is 18.7 Å². The topological polar surface area (TPSA) is 54.5 Å². The monoisotopic (exact) mass is 486 g/mol. The van der Waals surface area contributed by atoms with Crippen LogP contribution in [0.25, 0.3) is 25.1 Å². The first-order valence-corrected chi connectivity index (χ1v) is 13.6. The minimum atomic E-state index is -3.69. The highest BCUT2D eigenvalue weighted by molar-refractivity contribution is 7.92. The molecule has 0 aliphatic carbocycles. The van der Waals surface area contributed by atoms with Crippen molar-refractivity contribution in [1.82, 2.24) is 0 Å². The van der Waals surface area contributed by atoms with Gasteiger partial charge in [0, 0.05) is 29.7 Å². The number of sulfonamides is 1. The quantitative estimate of drug-likeness (QED) is 0.214. The zero-order valence-corrected chi connectivity index (χ0v) is 20.8. The molecule has 0 spiro atoms. The summed E-state index contributed by atoms with van der Waals surface area (Å²) < 4.78 is 29.9. The molecule has 170 valence electrons. The van der Waals surface area contributed by atoms with E-state index in [9.17, 15) is 13.2 Å². The van der Waals surface area contributed by atoms with Crippen LogP contribution in [0.4, 0.5) is 5.69 Å². The molecule has 0 fully saturated rings. The Morgan fingerprint density at radius 1 is 0.735 bits per heavy atom. The summed E-state index contributed by atoms with van der Waals surface area (Å²) in [6, 6.07) is 28.5. The van der Waals surface area contributed by atoms with Crippen LogP contribution in [0.1, 0.15) is 11.1 Å². The van der Waals surface area contributed by atoms with E-state index in [0.29, 0.717) is 10.6 Å². The van der Waals surface area contributed by atoms with Crippen molar-refractivity contribution in [1.29, 1.82) is 0 Å². The maximum Gasteiger partial charge on any atom is 0.264 e. The van der Waals surface area contributed by atoms with Crippen LogP contribution in [0.3, 0.4) is 0 Å². The standard InChI is InChI=1S/C28H24NO3S2/c1-19-12-17-27(20(2)18-19)34(31,32)29(3)21-13-15-22(16-14-21)33-25-10-6-4-8-23(25)28(30)24-9-5-7-11-26(24)33/h4-18H,1-3H3/q+1. The number of hydrogen-bond donors (Lipinski definition) is 0. The average Bonchev–Trinajstić information content (AvgIpc) is 2.84. The lowest BCUT2D eigenvalue weighted by Crippen LogP contribution is -2.27. The van der Waals surface area contributed by atoms with Gasteiger partial charge in [0.15, 0.2) is 14.3 Å². The molecule has 6 heteroatoms. The second kappa shape index (κ2) is 8.38. The second-order valence-electron chi connectivity index (χ2n) is 8.36. The van der Waals surface area contributed by atoms with Gasteiger partial charge in [-0.05, 0) is 61.9 Å². The van der Waals surface area contributed by atoms with E-state index in [-0.39, 0.29) is 5.43 Å². The predicted molar refractivity (Wildman–Crippen MR) is 143 cm³/mol. The van der Waals surface area contributed by atoms with Gasteiger partial charge in [-0.2, -0.15) is 0 Å². The molecule has 0 saturated carbocycles. The third-order valence-electron chi connectivity index (χ3n) is 6.11. The Morgan fingerprint density at radius 3 is 1.85 bits per heavy atom. The minimum absolute atomic E-state index is 0.0471. The summed E-state index contributed by atoms with van der Waals surface area (Å²) in [4.78, 5) is 14.4. The summed E-state index contributed by atoms with van der Waals surface area (Å²) in [5.74, 6) is 0. The lowest BCUT2D eigenvalue weighted by Gasteiger charge is -2.21. The fraction of sp³-hybridized carbons (Fsp3) is 0.107. The van der Waals surface area contributed by atoms with Gasteiger partial charge < -0.3 is 0 Å². The third-order valence-corrected chi connectivity index (χ3v) is 10.4. The number of benzene rings is 4. The highest BCUT2D eigenvalue weighted by atomic mass is 32.2. The van der Waals surface area contributed by atoms with E-state index < -0.39 is 20.5 Å². The molecule has 5 aromatic rings. The Hall–Kier alpha value is -3.48. The molecule has 0 N–H and O–H groups in total. The molecule has 5 rings (SSSR count). The van der Waals surface area contributed by atoms with Crippen LogP contribution in [0.5, 0.6) is 0 Å². The number of aryl methyl sites for hydroxylation is 2. The summed E-state index contributed by atoms with van der Waals surface area (Å²) in [6.07, 6.45) is 0. The van der Waals surface area contributed by atoms with Crippen molar-refractivity contribution in [2.75, 3.05) is 11.4 Å². The fourth-order valence-electron chi connectivity index (χ4n) is 4.35. The predicted octanol–water partition coefficient (Wildman–Crippen LogP) is 6.53. The van der Waals surface area contributed by atoms with Gasteiger partial charge >= 0.3 is 0 Å². The van der Waals surface area contributed by atoms with E-state index in [1.54, 1.807) is 13.1 Å². The summed E-state index contributed by atoms with van der Waals surface area (Å²) in [7, 11) is -2.56. The van der Waals surface area contributed by atoms with Gasteiger partial charge in [-0.1, -0.05) is 42.0 Å². The Morgan fingerprint density at radius 2 is 1.29 bits per heavy atom. The molecule has 1 aromatic heterocycles. The van der Waals surface area contributed by atoms with E-state index in [1.807, 2.05) is 98.8 Å². The SMILES string of the molecule is Cc1ccc(S(=O)(=O)N(C)c2ccc(-[s+]3c4ccccc4c(=O)c4ccccc43)cc2)c(C)c1. The first-order valence-electron chi connectivity index (χ1n) is 10.9. The Balaban J connectivity index is 1.63. The Bertz CT molecular complexity index is 1660. The van der Waals surface area contributed by atoms with E-state index in [1.165, 1.54) is 4.31 Å². The lowest BCUT2D eigenvalue weighted by molar-refractivity contribution is 0.594. The first kappa shape index (κ1) is 22.3. The normalized spacial score (nSPS) is 11.7. The average molecular weight is 487 g/mol. The van der Waals surface area contributed by atoms with Gasteiger partial charge in [0.1, 0.15) is 0 Å². The Kier molecular flexibility index (Phi) is 5.50. The number of anilines is 1. The van der Waals surface area contributed by atoms with E-state index in [2.05, 4.69) is 0 Å². The van der Waals surface area contributed by atoms with Gasteiger partial charge in [0.2, 0.25) is 5.43 Å². The van der Waals surface area contributed by atoms with Crippen LogP contribution in [0.15, 0.2) is 101 Å². The molecule has 0 amide bonds. The van der Waals surface area contributed by atoms with Crippen LogP contribution in [0, 0.1) is 13.8 Å². The molecule has 4 aromatic carbocycles. The van der Waals surface area contributed by atoms with Crippen LogP contribution in [-0.2, 0) is 10.0 Å². The van der Waals surface area contributed by atoms with Gasteiger partial charge in [0.05, 0.1) is 21.4 Å². The van der Waals surface area contributed by atoms with Crippen molar-refractivity contribution >= 4 is 46.4 Å². The van der Waals surface area contributed by atoms with E-state index in [0.717, 1.165) is 36.2 Å². The zero-order valence-electron chi connectivity index (χ0n) is 19.1.